The highest BCUT2D eigenvalue weighted by atomic mass is 19.4. The van der Waals surface area contributed by atoms with Gasteiger partial charge in [0.2, 0.25) is 0 Å². The standard InChI is InChI=1S/C7H2BF6N/c8-3-1-2-4(6(9,10)11)15-5(3)7(12,13)14/h1-2H. The molecule has 0 saturated carbocycles. The van der Waals surface area contributed by atoms with E-state index in [-0.39, 0.29) is 0 Å². The Hall–Kier alpha value is -1.21. The topological polar surface area (TPSA) is 12.9 Å². The van der Waals surface area contributed by atoms with Crippen LogP contribution < -0.4 is 5.46 Å². The summed E-state index contributed by atoms with van der Waals surface area (Å²) in [5, 5.41) is 0. The Balaban J connectivity index is 3.30. The van der Waals surface area contributed by atoms with Gasteiger partial charge < -0.3 is 0 Å². The third kappa shape index (κ3) is 2.63. The monoisotopic (exact) mass is 225 g/mol. The summed E-state index contributed by atoms with van der Waals surface area (Å²) in [7, 11) is 4.87. The summed E-state index contributed by atoms with van der Waals surface area (Å²) in [6.07, 6.45) is -9.92. The zero-order valence-electron chi connectivity index (χ0n) is 6.95. The van der Waals surface area contributed by atoms with Crippen LogP contribution in [0.3, 0.4) is 0 Å². The third-order valence-corrected chi connectivity index (χ3v) is 1.49. The van der Waals surface area contributed by atoms with Crippen molar-refractivity contribution in [3.63, 3.8) is 0 Å². The Morgan fingerprint density at radius 1 is 0.933 bits per heavy atom. The largest absolute Gasteiger partial charge is 0.433 e. The van der Waals surface area contributed by atoms with Gasteiger partial charge in [-0.15, -0.1) is 0 Å². The molecule has 80 valence electrons. The van der Waals surface area contributed by atoms with Gasteiger partial charge in [-0.05, 0) is 6.07 Å². The predicted molar refractivity (Wildman–Crippen MR) is 39.6 cm³/mol. The van der Waals surface area contributed by atoms with Crippen LogP contribution in [0.4, 0.5) is 26.3 Å². The molecule has 1 nitrogen and oxygen atoms in total. The minimum Gasteiger partial charge on any atom is -0.239 e. The minimum atomic E-state index is -4.99. The maximum atomic E-state index is 12.1. The normalized spacial score (nSPS) is 12.9. The fourth-order valence-electron chi connectivity index (χ4n) is 0.855. The second-order valence-corrected chi connectivity index (χ2v) is 2.63. The lowest BCUT2D eigenvalue weighted by Gasteiger charge is -2.12. The van der Waals surface area contributed by atoms with E-state index in [0.29, 0.717) is 12.1 Å². The van der Waals surface area contributed by atoms with Gasteiger partial charge in [-0.25, -0.2) is 4.98 Å². The Morgan fingerprint density at radius 3 is 1.87 bits per heavy atom. The molecule has 0 unspecified atom stereocenters. The maximum absolute atomic E-state index is 12.1. The number of aromatic nitrogens is 1. The Morgan fingerprint density at radius 2 is 1.47 bits per heavy atom. The van der Waals surface area contributed by atoms with Gasteiger partial charge in [0.05, 0.1) is 0 Å². The molecule has 0 aromatic carbocycles. The average molecular weight is 225 g/mol. The van der Waals surface area contributed by atoms with Crippen LogP contribution in [0.15, 0.2) is 12.1 Å². The van der Waals surface area contributed by atoms with Crippen molar-refractivity contribution in [2.75, 3.05) is 0 Å². The number of hydrogen-bond acceptors (Lipinski definition) is 1. The van der Waals surface area contributed by atoms with Gasteiger partial charge >= 0.3 is 12.4 Å². The fourth-order valence-corrected chi connectivity index (χ4v) is 0.855. The minimum absolute atomic E-state index is 0.393. The molecule has 0 N–H and O–H groups in total. The second kappa shape index (κ2) is 3.43. The molecule has 0 aliphatic rings. The highest BCUT2D eigenvalue weighted by molar-refractivity contribution is 6.33. The lowest BCUT2D eigenvalue weighted by atomic mass is 9.93. The summed E-state index contributed by atoms with van der Waals surface area (Å²) >= 11 is 0. The van der Waals surface area contributed by atoms with E-state index in [2.05, 4.69) is 4.98 Å². The maximum Gasteiger partial charge on any atom is 0.433 e. The average Bonchev–Trinajstić information content (AvgIpc) is 2.00. The number of alkyl halides is 6. The van der Waals surface area contributed by atoms with E-state index in [1.165, 1.54) is 0 Å². The van der Waals surface area contributed by atoms with Crippen molar-refractivity contribution >= 4 is 13.3 Å². The van der Waals surface area contributed by atoms with Crippen molar-refractivity contribution in [2.45, 2.75) is 12.4 Å². The molecule has 0 amide bonds. The Bertz CT molecular complexity index is 369. The highest BCUT2D eigenvalue weighted by Gasteiger charge is 2.38. The van der Waals surface area contributed by atoms with Crippen LogP contribution in [0.2, 0.25) is 0 Å². The van der Waals surface area contributed by atoms with Crippen LogP contribution in [0.5, 0.6) is 0 Å². The molecule has 1 aromatic heterocycles. The van der Waals surface area contributed by atoms with Crippen LogP contribution in [0.25, 0.3) is 0 Å². The van der Waals surface area contributed by atoms with Gasteiger partial charge in [-0.3, -0.25) is 0 Å². The fraction of sp³-hybridized carbons (Fsp3) is 0.286. The molecular formula is C7H2BF6N. The molecule has 0 atom stereocenters. The van der Waals surface area contributed by atoms with E-state index in [0.717, 1.165) is 0 Å². The molecule has 1 rings (SSSR count). The molecular weight excluding hydrogens is 223 g/mol. The third-order valence-electron chi connectivity index (χ3n) is 1.49. The zero-order chi connectivity index (χ0) is 11.9. The summed E-state index contributed by atoms with van der Waals surface area (Å²) in [6, 6.07) is 0.920. The predicted octanol–water partition coefficient (Wildman–Crippen LogP) is 1.91. The van der Waals surface area contributed by atoms with Gasteiger partial charge in [0.15, 0.2) is 0 Å². The summed E-state index contributed by atoms with van der Waals surface area (Å²) < 4.78 is 72.4. The summed E-state index contributed by atoms with van der Waals surface area (Å²) in [5.74, 6) is 0. The van der Waals surface area contributed by atoms with Gasteiger partial charge in [0.25, 0.3) is 0 Å². The van der Waals surface area contributed by atoms with Crippen LogP contribution in [0.1, 0.15) is 11.4 Å². The first-order valence-corrected chi connectivity index (χ1v) is 3.53. The molecule has 0 spiro atoms. The van der Waals surface area contributed by atoms with Crippen molar-refractivity contribution < 1.29 is 26.3 Å². The van der Waals surface area contributed by atoms with Crippen LogP contribution in [0, 0.1) is 0 Å². The molecule has 2 radical (unpaired) electrons. The lowest BCUT2D eigenvalue weighted by molar-refractivity contribution is -0.149. The Labute approximate surface area is 81.5 Å². The number of hydrogen-bond donors (Lipinski definition) is 0. The van der Waals surface area contributed by atoms with Gasteiger partial charge in [0, 0.05) is 0 Å². The summed E-state index contributed by atoms with van der Waals surface area (Å²) in [6.45, 7) is 0. The molecule has 1 heterocycles. The zero-order valence-corrected chi connectivity index (χ0v) is 6.95. The number of rotatable bonds is 0. The number of halogens is 6. The van der Waals surface area contributed by atoms with Crippen LogP contribution >= 0.6 is 0 Å². The van der Waals surface area contributed by atoms with Gasteiger partial charge in [-0.2, -0.15) is 26.3 Å². The molecule has 1 aromatic rings. The highest BCUT2D eigenvalue weighted by Crippen LogP contribution is 2.31. The van der Waals surface area contributed by atoms with Crippen LogP contribution in [-0.2, 0) is 12.4 Å². The lowest BCUT2D eigenvalue weighted by Crippen LogP contribution is -2.24. The first-order chi connectivity index (χ1) is 6.62. The van der Waals surface area contributed by atoms with Crippen LogP contribution in [-0.4, -0.2) is 12.8 Å². The van der Waals surface area contributed by atoms with Gasteiger partial charge in [-0.1, -0.05) is 11.5 Å². The van der Waals surface area contributed by atoms with E-state index >= 15 is 0 Å². The molecule has 0 bridgehead atoms. The Kier molecular flexibility index (Phi) is 2.71. The molecule has 0 fully saturated rings. The summed E-state index contributed by atoms with van der Waals surface area (Å²) in [4.78, 5) is 2.44. The molecule has 0 aliphatic heterocycles. The SMILES string of the molecule is [B]c1ccc(C(F)(F)F)nc1C(F)(F)F. The molecule has 15 heavy (non-hydrogen) atoms. The second-order valence-electron chi connectivity index (χ2n) is 2.63. The molecule has 0 aliphatic carbocycles. The van der Waals surface area contributed by atoms with Crippen molar-refractivity contribution in [1.82, 2.24) is 4.98 Å². The first kappa shape index (κ1) is 11.9. The summed E-state index contributed by atoms with van der Waals surface area (Å²) in [5.41, 5.74) is -4.18. The number of nitrogens with zero attached hydrogens (tertiary/aromatic N) is 1. The van der Waals surface area contributed by atoms with E-state index in [4.69, 9.17) is 7.85 Å². The van der Waals surface area contributed by atoms with Crippen molar-refractivity contribution in [1.29, 1.82) is 0 Å². The smallest absolute Gasteiger partial charge is 0.239 e. The molecule has 0 saturated heterocycles. The van der Waals surface area contributed by atoms with Crippen molar-refractivity contribution in [3.05, 3.63) is 23.5 Å². The van der Waals surface area contributed by atoms with E-state index < -0.39 is 29.2 Å². The number of pyridine rings is 1. The quantitative estimate of drug-likeness (QED) is 0.485. The first-order valence-electron chi connectivity index (χ1n) is 3.53. The van der Waals surface area contributed by atoms with E-state index in [1.807, 2.05) is 0 Å². The van der Waals surface area contributed by atoms with Gasteiger partial charge in [0.1, 0.15) is 19.2 Å². The van der Waals surface area contributed by atoms with Crippen molar-refractivity contribution in [2.24, 2.45) is 0 Å². The van der Waals surface area contributed by atoms with E-state index in [9.17, 15) is 26.3 Å². The van der Waals surface area contributed by atoms with Crippen molar-refractivity contribution in [3.8, 4) is 0 Å². The molecule has 8 heteroatoms. The van der Waals surface area contributed by atoms with E-state index in [1.54, 1.807) is 0 Å².